The molecule has 0 unspecified atom stereocenters. The Morgan fingerprint density at radius 3 is 2.58 bits per heavy atom. The third-order valence-electron chi connectivity index (χ3n) is 7.83. The lowest BCUT2D eigenvalue weighted by atomic mass is 9.65. The number of benzene rings is 1. The van der Waals surface area contributed by atoms with Gasteiger partial charge in [-0.15, -0.1) is 0 Å². The summed E-state index contributed by atoms with van der Waals surface area (Å²) in [5, 5.41) is 7.58. The molecule has 9 heteroatoms. The number of rotatable bonds is 4. The van der Waals surface area contributed by atoms with E-state index in [4.69, 9.17) is 11.6 Å². The molecule has 38 heavy (non-hydrogen) atoms. The zero-order chi connectivity index (χ0) is 26.4. The number of nitrogens with zero attached hydrogens (tertiary/aromatic N) is 4. The topological polar surface area (TPSA) is 80.1 Å². The minimum Gasteiger partial charge on any atom is -0.342 e. The summed E-state index contributed by atoms with van der Waals surface area (Å²) in [7, 11) is 0. The van der Waals surface area contributed by atoms with E-state index in [1.165, 1.54) is 18.3 Å². The van der Waals surface area contributed by atoms with Crippen LogP contribution in [0.1, 0.15) is 65.3 Å². The van der Waals surface area contributed by atoms with Crippen LogP contribution in [0.3, 0.4) is 0 Å². The number of likely N-dealkylation sites (tertiary alicyclic amines) is 1. The number of carbonyl (C=O) groups excluding carboxylic acids is 2. The van der Waals surface area contributed by atoms with Gasteiger partial charge in [-0.2, -0.15) is 5.10 Å². The maximum absolute atomic E-state index is 13.3. The van der Waals surface area contributed by atoms with E-state index in [0.29, 0.717) is 33.6 Å². The zero-order valence-corrected chi connectivity index (χ0v) is 21.8. The van der Waals surface area contributed by atoms with Crippen molar-refractivity contribution >= 4 is 29.2 Å². The lowest BCUT2D eigenvalue weighted by molar-refractivity contribution is -0.132. The first kappa shape index (κ1) is 24.6. The Labute approximate surface area is 225 Å². The summed E-state index contributed by atoms with van der Waals surface area (Å²) in [5.74, 6) is 6.29. The van der Waals surface area contributed by atoms with Crippen LogP contribution in [0.15, 0.2) is 42.7 Å². The summed E-state index contributed by atoms with van der Waals surface area (Å²) in [6.07, 6.45) is 7.89. The van der Waals surface area contributed by atoms with E-state index in [-0.39, 0.29) is 29.1 Å². The molecule has 1 spiro atoms. The second-order valence-electron chi connectivity index (χ2n) is 10.7. The number of nitrogens with one attached hydrogen (secondary N) is 1. The van der Waals surface area contributed by atoms with Crippen LogP contribution in [0, 0.1) is 35.9 Å². The number of pyridine rings is 1. The van der Waals surface area contributed by atoms with Crippen LogP contribution in [-0.4, -0.2) is 44.6 Å². The van der Waals surface area contributed by atoms with Crippen LogP contribution in [0.5, 0.6) is 0 Å². The Hall–Kier alpha value is -3.70. The molecule has 0 radical (unpaired) electrons. The van der Waals surface area contributed by atoms with Crippen molar-refractivity contribution < 1.29 is 14.0 Å². The standard InChI is InChI=1S/C29H27ClFN5O2/c1-18-12-20(3-2-19-4-8-22(31)9-5-19)15-32-26(18)34-27(37)25-24(30)16-33-36(25)23-13-29(14-23)10-11-35(17-29)28(38)21-6-7-21/h4-5,8-9,12,15-16,21,23H,6-7,10-11,13-14,17H2,1H3,(H,32,34,37)/t23-,29-. The number of carbonyl (C=O) groups is 2. The van der Waals surface area contributed by atoms with Crippen molar-refractivity contribution in [3.8, 4) is 11.8 Å². The number of hydrogen-bond acceptors (Lipinski definition) is 4. The monoisotopic (exact) mass is 531 g/mol. The second kappa shape index (κ2) is 9.55. The van der Waals surface area contributed by atoms with Crippen molar-refractivity contribution in [2.45, 2.75) is 45.1 Å². The number of aryl methyl sites for hydroxylation is 1. The van der Waals surface area contributed by atoms with Gasteiger partial charge in [-0.05, 0) is 80.3 Å². The predicted molar refractivity (Wildman–Crippen MR) is 141 cm³/mol. The van der Waals surface area contributed by atoms with Crippen molar-refractivity contribution in [1.82, 2.24) is 19.7 Å². The van der Waals surface area contributed by atoms with Gasteiger partial charge in [0.05, 0.1) is 17.3 Å². The van der Waals surface area contributed by atoms with Gasteiger partial charge in [0, 0.05) is 36.3 Å². The Bertz CT molecular complexity index is 1480. The number of aromatic nitrogens is 3. The molecule has 2 aromatic heterocycles. The molecule has 194 valence electrons. The summed E-state index contributed by atoms with van der Waals surface area (Å²) in [6.45, 7) is 3.47. The van der Waals surface area contributed by atoms with Gasteiger partial charge < -0.3 is 10.2 Å². The minimum absolute atomic E-state index is 0.0670. The lowest BCUT2D eigenvalue weighted by Gasteiger charge is -2.45. The molecule has 1 aromatic carbocycles. The summed E-state index contributed by atoms with van der Waals surface area (Å²) in [4.78, 5) is 32.2. The fraction of sp³-hybridized carbons (Fsp3) is 0.379. The van der Waals surface area contributed by atoms with Gasteiger partial charge in [-0.25, -0.2) is 9.37 Å². The van der Waals surface area contributed by atoms with E-state index >= 15 is 0 Å². The fourth-order valence-corrected chi connectivity index (χ4v) is 5.82. The predicted octanol–water partition coefficient (Wildman–Crippen LogP) is 4.99. The summed E-state index contributed by atoms with van der Waals surface area (Å²) >= 11 is 6.40. The van der Waals surface area contributed by atoms with Crippen molar-refractivity contribution in [3.05, 3.63) is 75.9 Å². The largest absolute Gasteiger partial charge is 0.342 e. The quantitative estimate of drug-likeness (QED) is 0.481. The van der Waals surface area contributed by atoms with Crippen molar-refractivity contribution in [2.24, 2.45) is 11.3 Å². The molecule has 3 heterocycles. The van der Waals surface area contributed by atoms with Crippen LogP contribution < -0.4 is 5.32 Å². The van der Waals surface area contributed by atoms with E-state index in [1.807, 2.05) is 17.9 Å². The molecule has 1 N–H and O–H groups in total. The van der Waals surface area contributed by atoms with Crippen LogP contribution in [0.2, 0.25) is 5.02 Å². The Morgan fingerprint density at radius 2 is 1.87 bits per heavy atom. The summed E-state index contributed by atoms with van der Waals surface area (Å²) in [6, 6.07) is 7.86. The molecule has 2 saturated carbocycles. The highest BCUT2D eigenvalue weighted by molar-refractivity contribution is 6.34. The molecule has 6 rings (SSSR count). The molecule has 1 aliphatic heterocycles. The molecule has 3 aromatic rings. The first-order valence-corrected chi connectivity index (χ1v) is 13.3. The summed E-state index contributed by atoms with van der Waals surface area (Å²) in [5.41, 5.74) is 2.56. The van der Waals surface area contributed by atoms with Crippen molar-refractivity contribution in [1.29, 1.82) is 0 Å². The Kier molecular flexibility index (Phi) is 6.19. The molecule has 3 fully saturated rings. The number of hydrogen-bond donors (Lipinski definition) is 1. The Balaban J connectivity index is 1.12. The maximum Gasteiger partial charge on any atom is 0.276 e. The van der Waals surface area contributed by atoms with Crippen LogP contribution in [0.25, 0.3) is 0 Å². The average molecular weight is 532 g/mol. The van der Waals surface area contributed by atoms with E-state index in [0.717, 1.165) is 50.8 Å². The van der Waals surface area contributed by atoms with Gasteiger partial charge in [-0.1, -0.05) is 23.4 Å². The van der Waals surface area contributed by atoms with Crippen LogP contribution in [0.4, 0.5) is 10.2 Å². The van der Waals surface area contributed by atoms with Gasteiger partial charge in [0.25, 0.3) is 5.91 Å². The van der Waals surface area contributed by atoms with Crippen LogP contribution in [-0.2, 0) is 4.79 Å². The molecule has 0 bridgehead atoms. The van der Waals surface area contributed by atoms with Gasteiger partial charge in [-0.3, -0.25) is 14.3 Å². The van der Waals surface area contributed by atoms with Crippen LogP contribution >= 0.6 is 11.6 Å². The third-order valence-corrected chi connectivity index (χ3v) is 8.11. The van der Waals surface area contributed by atoms with Crippen molar-refractivity contribution in [3.63, 3.8) is 0 Å². The first-order chi connectivity index (χ1) is 18.3. The SMILES string of the molecule is Cc1cc(C#Cc2ccc(F)cc2)cnc1NC(=O)c1c(Cl)cnn1[C@H]1C[C@@]2(CCN(C(=O)C3CC3)C2)C1. The molecule has 2 amide bonds. The summed E-state index contributed by atoms with van der Waals surface area (Å²) < 4.78 is 14.8. The van der Waals surface area contributed by atoms with E-state index in [1.54, 1.807) is 23.0 Å². The van der Waals surface area contributed by atoms with Gasteiger partial charge in [0.2, 0.25) is 5.91 Å². The second-order valence-corrected chi connectivity index (χ2v) is 11.1. The maximum atomic E-state index is 13.3. The molecular weight excluding hydrogens is 505 g/mol. The number of anilines is 1. The Morgan fingerprint density at radius 1 is 1.13 bits per heavy atom. The molecule has 3 aliphatic rings. The fourth-order valence-electron chi connectivity index (χ4n) is 5.61. The van der Waals surface area contributed by atoms with E-state index in [9.17, 15) is 14.0 Å². The molecule has 2 aliphatic carbocycles. The smallest absolute Gasteiger partial charge is 0.276 e. The van der Waals surface area contributed by atoms with Crippen molar-refractivity contribution in [2.75, 3.05) is 18.4 Å². The van der Waals surface area contributed by atoms with Gasteiger partial charge >= 0.3 is 0 Å². The zero-order valence-electron chi connectivity index (χ0n) is 21.0. The minimum atomic E-state index is -0.369. The van der Waals surface area contributed by atoms with E-state index < -0.39 is 0 Å². The lowest BCUT2D eigenvalue weighted by Crippen LogP contribution is -2.43. The number of amides is 2. The van der Waals surface area contributed by atoms with Gasteiger partial charge in [0.15, 0.2) is 0 Å². The molecule has 7 nitrogen and oxygen atoms in total. The molecule has 0 atom stereocenters. The normalized spacial score (nSPS) is 22.1. The molecular formula is C29H27ClFN5O2. The highest BCUT2D eigenvalue weighted by Crippen LogP contribution is 2.54. The highest BCUT2D eigenvalue weighted by atomic mass is 35.5. The first-order valence-electron chi connectivity index (χ1n) is 12.9. The highest BCUT2D eigenvalue weighted by Gasteiger charge is 2.52. The molecule has 1 saturated heterocycles. The van der Waals surface area contributed by atoms with Gasteiger partial charge in [0.1, 0.15) is 17.3 Å². The average Bonchev–Trinajstić information content (AvgIpc) is 3.52. The third kappa shape index (κ3) is 4.79. The number of halogens is 2. The van der Waals surface area contributed by atoms with E-state index in [2.05, 4.69) is 27.2 Å².